The third kappa shape index (κ3) is 3.11. The fraction of sp³-hybridized carbons (Fsp3) is 0.524. The van der Waals surface area contributed by atoms with Gasteiger partial charge in [-0.05, 0) is 56.4 Å². The maximum Gasteiger partial charge on any atom is 0.289 e. The summed E-state index contributed by atoms with van der Waals surface area (Å²) in [7, 11) is 0. The zero-order valence-corrected chi connectivity index (χ0v) is 15.0. The Kier molecular flexibility index (Phi) is 4.70. The van der Waals surface area contributed by atoms with E-state index in [-0.39, 0.29) is 29.7 Å². The molecule has 5 heteroatoms. The van der Waals surface area contributed by atoms with E-state index in [4.69, 9.17) is 0 Å². The van der Waals surface area contributed by atoms with Gasteiger partial charge in [-0.2, -0.15) is 0 Å². The van der Waals surface area contributed by atoms with Crippen molar-refractivity contribution in [2.45, 2.75) is 62.9 Å². The molecule has 3 aliphatic rings. The van der Waals surface area contributed by atoms with Crippen molar-refractivity contribution < 1.29 is 14.7 Å². The Morgan fingerprint density at radius 2 is 1.77 bits per heavy atom. The fourth-order valence-electron chi connectivity index (χ4n) is 4.70. The van der Waals surface area contributed by atoms with Gasteiger partial charge in [-0.15, -0.1) is 0 Å². The van der Waals surface area contributed by atoms with Gasteiger partial charge >= 0.3 is 0 Å². The van der Waals surface area contributed by atoms with Crippen molar-refractivity contribution in [3.05, 3.63) is 47.2 Å². The van der Waals surface area contributed by atoms with Crippen molar-refractivity contribution in [3.63, 3.8) is 0 Å². The van der Waals surface area contributed by atoms with Crippen LogP contribution in [0.2, 0.25) is 0 Å². The van der Waals surface area contributed by atoms with Crippen LogP contribution < -0.4 is 5.32 Å². The van der Waals surface area contributed by atoms with Crippen LogP contribution in [0.15, 0.2) is 41.7 Å². The van der Waals surface area contributed by atoms with Crippen LogP contribution in [0.5, 0.6) is 0 Å². The molecule has 0 radical (unpaired) electrons. The van der Waals surface area contributed by atoms with Gasteiger partial charge in [0.15, 0.2) is 5.76 Å². The number of amides is 2. The molecule has 1 aromatic rings. The highest BCUT2D eigenvalue weighted by Gasteiger charge is 2.44. The van der Waals surface area contributed by atoms with Gasteiger partial charge in [0.2, 0.25) is 0 Å². The molecule has 1 aliphatic carbocycles. The molecule has 2 heterocycles. The van der Waals surface area contributed by atoms with Crippen LogP contribution in [0.4, 0.5) is 0 Å². The van der Waals surface area contributed by atoms with Crippen LogP contribution in [0, 0.1) is 0 Å². The van der Waals surface area contributed by atoms with Gasteiger partial charge < -0.3 is 15.3 Å². The second-order valence-electron chi connectivity index (χ2n) is 7.71. The monoisotopic (exact) mass is 354 g/mol. The molecule has 1 aromatic carbocycles. The van der Waals surface area contributed by atoms with Crippen molar-refractivity contribution in [2.24, 2.45) is 0 Å². The highest BCUT2D eigenvalue weighted by atomic mass is 16.3. The van der Waals surface area contributed by atoms with E-state index in [0.717, 1.165) is 44.9 Å². The van der Waals surface area contributed by atoms with Gasteiger partial charge in [-0.25, -0.2) is 0 Å². The smallest absolute Gasteiger partial charge is 0.289 e. The summed E-state index contributed by atoms with van der Waals surface area (Å²) in [5.74, 6) is -0.424. The van der Waals surface area contributed by atoms with Crippen LogP contribution in [-0.2, 0) is 9.59 Å². The predicted molar refractivity (Wildman–Crippen MR) is 98.6 cm³/mol. The molecule has 1 unspecified atom stereocenters. The van der Waals surface area contributed by atoms with Gasteiger partial charge in [0.05, 0.1) is 11.6 Å². The average molecular weight is 354 g/mol. The topological polar surface area (TPSA) is 69.6 Å². The van der Waals surface area contributed by atoms with E-state index in [1.165, 1.54) is 5.56 Å². The standard InChI is InChI=1S/C21H26N2O3/c24-19-18(17-8-4-5-13-23(17)21(19)26)20(25)22-16-11-9-15(10-12-16)14-6-2-1-3-7-14/h1-3,6-7,15-17,24H,4-5,8-13H2,(H,22,25)/t15-,16+,17?. The number of hydrogen-bond acceptors (Lipinski definition) is 3. The summed E-state index contributed by atoms with van der Waals surface area (Å²) >= 11 is 0. The van der Waals surface area contributed by atoms with E-state index in [1.807, 2.05) is 6.07 Å². The third-order valence-electron chi connectivity index (χ3n) is 6.13. The Balaban J connectivity index is 1.38. The number of nitrogens with zero attached hydrogens (tertiary/aromatic N) is 1. The molecule has 4 rings (SSSR count). The SMILES string of the molecule is O=C(N[C@H]1CC[C@@H](c2ccccc2)CC1)C1=C(O)C(=O)N2CCCCC12. The molecule has 138 valence electrons. The molecule has 5 nitrogen and oxygen atoms in total. The fourth-order valence-corrected chi connectivity index (χ4v) is 4.70. The number of piperidine rings is 1. The number of rotatable bonds is 3. The second-order valence-corrected chi connectivity index (χ2v) is 7.71. The van der Waals surface area contributed by atoms with E-state index >= 15 is 0 Å². The summed E-state index contributed by atoms with van der Waals surface area (Å²) in [6, 6.07) is 10.4. The highest BCUT2D eigenvalue weighted by molar-refractivity contribution is 6.08. The molecular formula is C21H26N2O3. The molecule has 2 aliphatic heterocycles. The summed E-state index contributed by atoms with van der Waals surface area (Å²) in [5.41, 5.74) is 1.66. The molecule has 0 bridgehead atoms. The molecule has 26 heavy (non-hydrogen) atoms. The number of nitrogens with one attached hydrogen (secondary N) is 1. The minimum absolute atomic E-state index is 0.121. The first kappa shape index (κ1) is 17.1. The third-order valence-corrected chi connectivity index (χ3v) is 6.13. The molecular weight excluding hydrogens is 328 g/mol. The van der Waals surface area contributed by atoms with Crippen LogP contribution in [0.1, 0.15) is 56.4 Å². The first-order chi connectivity index (χ1) is 12.6. The molecule has 1 saturated carbocycles. The highest BCUT2D eigenvalue weighted by Crippen LogP contribution is 2.34. The Labute approximate surface area is 154 Å². The number of aliphatic hydroxyl groups is 1. The van der Waals surface area contributed by atoms with Crippen LogP contribution >= 0.6 is 0 Å². The minimum Gasteiger partial charge on any atom is -0.503 e. The summed E-state index contributed by atoms with van der Waals surface area (Å²) in [4.78, 5) is 26.6. The van der Waals surface area contributed by atoms with E-state index in [1.54, 1.807) is 4.90 Å². The van der Waals surface area contributed by atoms with Crippen molar-refractivity contribution >= 4 is 11.8 Å². The van der Waals surface area contributed by atoms with Crippen molar-refractivity contribution in [1.82, 2.24) is 10.2 Å². The Morgan fingerprint density at radius 1 is 1.04 bits per heavy atom. The zero-order chi connectivity index (χ0) is 18.1. The van der Waals surface area contributed by atoms with Gasteiger partial charge in [0, 0.05) is 12.6 Å². The first-order valence-corrected chi connectivity index (χ1v) is 9.75. The summed E-state index contributed by atoms with van der Waals surface area (Å²) in [5, 5.41) is 13.3. The largest absolute Gasteiger partial charge is 0.503 e. The van der Waals surface area contributed by atoms with Crippen LogP contribution in [0.3, 0.4) is 0 Å². The van der Waals surface area contributed by atoms with Gasteiger partial charge in [-0.3, -0.25) is 9.59 Å². The number of fused-ring (bicyclic) bond motifs is 1. The van der Waals surface area contributed by atoms with Crippen molar-refractivity contribution in [3.8, 4) is 0 Å². The maximum atomic E-state index is 12.8. The predicted octanol–water partition coefficient (Wildman–Crippen LogP) is 3.04. The number of benzene rings is 1. The lowest BCUT2D eigenvalue weighted by Crippen LogP contribution is -2.44. The van der Waals surface area contributed by atoms with Gasteiger partial charge in [-0.1, -0.05) is 30.3 Å². The van der Waals surface area contributed by atoms with E-state index in [2.05, 4.69) is 29.6 Å². The Hall–Kier alpha value is -2.30. The summed E-state index contributed by atoms with van der Waals surface area (Å²) in [6.45, 7) is 0.631. The van der Waals surface area contributed by atoms with Crippen molar-refractivity contribution in [2.75, 3.05) is 6.54 Å². The molecule has 1 atom stereocenters. The van der Waals surface area contributed by atoms with Crippen LogP contribution in [0.25, 0.3) is 0 Å². The molecule has 0 aromatic heterocycles. The van der Waals surface area contributed by atoms with Gasteiger partial charge in [0.1, 0.15) is 0 Å². The molecule has 2 amide bonds. The van der Waals surface area contributed by atoms with Crippen molar-refractivity contribution in [1.29, 1.82) is 0 Å². The molecule has 0 spiro atoms. The number of aliphatic hydroxyl groups excluding tert-OH is 1. The van der Waals surface area contributed by atoms with Crippen LogP contribution in [-0.4, -0.2) is 40.4 Å². The summed E-state index contributed by atoms with van der Waals surface area (Å²) in [6.07, 6.45) is 6.65. The first-order valence-electron chi connectivity index (χ1n) is 9.75. The lowest BCUT2D eigenvalue weighted by molar-refractivity contribution is -0.130. The normalized spacial score (nSPS) is 28.8. The number of carbonyl (C=O) groups is 2. The molecule has 2 N–H and O–H groups in total. The lowest BCUT2D eigenvalue weighted by atomic mass is 9.81. The minimum atomic E-state index is -0.382. The molecule has 1 saturated heterocycles. The molecule has 2 fully saturated rings. The number of carbonyl (C=O) groups excluding carboxylic acids is 2. The summed E-state index contributed by atoms with van der Waals surface area (Å²) < 4.78 is 0. The van der Waals surface area contributed by atoms with E-state index < -0.39 is 0 Å². The second kappa shape index (κ2) is 7.14. The maximum absolute atomic E-state index is 12.8. The Morgan fingerprint density at radius 3 is 2.50 bits per heavy atom. The Bertz CT molecular complexity index is 720. The van der Waals surface area contributed by atoms with E-state index in [0.29, 0.717) is 18.0 Å². The van der Waals surface area contributed by atoms with Gasteiger partial charge in [0.25, 0.3) is 11.8 Å². The lowest BCUT2D eigenvalue weighted by Gasteiger charge is -2.32. The quantitative estimate of drug-likeness (QED) is 0.876. The van der Waals surface area contributed by atoms with E-state index in [9.17, 15) is 14.7 Å². The zero-order valence-electron chi connectivity index (χ0n) is 15.0. The average Bonchev–Trinajstić information content (AvgIpc) is 2.94. The number of hydrogen-bond donors (Lipinski definition) is 2.